The number of aryl methyl sites for hydroxylation is 5. The minimum Gasteiger partial charge on any atom is -0.550 e. The maximum Gasteiger partial charge on any atom is 1.00 e. The molecule has 0 bridgehead atoms. The summed E-state index contributed by atoms with van der Waals surface area (Å²) in [6.45, 7) is 8.18. The standard InChI is InChI=1S/C27H32N4O4.Na/c1-16-6-9-22(18(3)12-16)26(23-10-7-17(2)13-19(23)4)24(27-28-29-30-31(27)5)11-8-20(32)14-21(33)15-25(34)35;/h6-13,20-21,32-33H,14-15H2,1-5H3,(H,34,35);/q;+1/p-1/b11-8+;. The van der Waals surface area contributed by atoms with Crippen LogP contribution in [-0.2, 0) is 11.8 Å². The van der Waals surface area contributed by atoms with E-state index in [1.807, 2.05) is 39.8 Å². The molecule has 0 aliphatic rings. The summed E-state index contributed by atoms with van der Waals surface area (Å²) in [5.74, 6) is -0.870. The second-order valence-corrected chi connectivity index (χ2v) is 8.94. The molecule has 0 fully saturated rings. The van der Waals surface area contributed by atoms with E-state index in [1.165, 1.54) is 6.08 Å². The third-order valence-electron chi connectivity index (χ3n) is 5.83. The zero-order valence-electron chi connectivity index (χ0n) is 21.7. The Bertz CT molecular complexity index is 1230. The molecule has 3 aromatic rings. The number of carboxylic acids is 1. The number of carbonyl (C=O) groups is 1. The molecule has 0 spiro atoms. The van der Waals surface area contributed by atoms with Crippen molar-refractivity contribution in [2.24, 2.45) is 7.05 Å². The van der Waals surface area contributed by atoms with Crippen molar-refractivity contribution in [2.75, 3.05) is 0 Å². The number of allylic oxidation sites excluding steroid dienone is 2. The molecule has 184 valence electrons. The van der Waals surface area contributed by atoms with Crippen LogP contribution in [0.15, 0.2) is 48.6 Å². The number of tetrazole rings is 1. The Balaban J connectivity index is 0.00000456. The third-order valence-corrected chi connectivity index (χ3v) is 5.83. The van der Waals surface area contributed by atoms with E-state index in [1.54, 1.807) is 17.8 Å². The number of aromatic nitrogens is 4. The zero-order chi connectivity index (χ0) is 25.7. The molecule has 0 saturated carbocycles. The van der Waals surface area contributed by atoms with Gasteiger partial charge in [0.2, 0.25) is 0 Å². The number of hydrogen-bond acceptors (Lipinski definition) is 7. The Morgan fingerprint density at radius 1 is 1.03 bits per heavy atom. The van der Waals surface area contributed by atoms with Crippen molar-refractivity contribution in [3.8, 4) is 0 Å². The molecule has 1 heterocycles. The monoisotopic (exact) mass is 498 g/mol. The van der Waals surface area contributed by atoms with Crippen LogP contribution in [0.25, 0.3) is 11.1 Å². The van der Waals surface area contributed by atoms with Gasteiger partial charge in [-0.05, 0) is 60.4 Å². The number of benzene rings is 2. The Labute approximate surface area is 233 Å². The smallest absolute Gasteiger partial charge is 0.550 e. The zero-order valence-corrected chi connectivity index (χ0v) is 23.7. The molecule has 0 aliphatic heterocycles. The number of carbonyl (C=O) groups excluding carboxylic acids is 1. The van der Waals surface area contributed by atoms with Crippen molar-refractivity contribution >= 4 is 17.1 Å². The van der Waals surface area contributed by atoms with Gasteiger partial charge in [-0.25, -0.2) is 4.68 Å². The van der Waals surface area contributed by atoms with Crippen LogP contribution in [0.3, 0.4) is 0 Å². The van der Waals surface area contributed by atoms with E-state index in [4.69, 9.17) is 0 Å². The SMILES string of the molecule is Cc1ccc(C(=C(/C=C/C(O)CC(O)CC(=O)[O-])c2nnnn2C)c2ccc(C)cc2C)c(C)c1.[Na+]. The van der Waals surface area contributed by atoms with Crippen LogP contribution >= 0.6 is 0 Å². The number of nitrogens with zero attached hydrogens (tertiary/aromatic N) is 4. The molecule has 1 aromatic heterocycles. The number of aliphatic carboxylic acids is 1. The fraction of sp³-hybridized carbons (Fsp3) is 0.333. The van der Waals surface area contributed by atoms with Crippen LogP contribution in [0.5, 0.6) is 0 Å². The molecule has 9 heteroatoms. The molecule has 2 atom stereocenters. The Hall–Kier alpha value is -2.62. The Kier molecular flexibility index (Phi) is 10.8. The molecule has 0 amide bonds. The largest absolute Gasteiger partial charge is 1.00 e. The van der Waals surface area contributed by atoms with Gasteiger partial charge in [0.1, 0.15) is 0 Å². The maximum atomic E-state index is 10.8. The minimum atomic E-state index is -1.37. The van der Waals surface area contributed by atoms with Crippen molar-refractivity contribution < 1.29 is 49.7 Å². The predicted molar refractivity (Wildman–Crippen MR) is 132 cm³/mol. The van der Waals surface area contributed by atoms with E-state index in [9.17, 15) is 20.1 Å². The van der Waals surface area contributed by atoms with E-state index in [0.29, 0.717) is 11.4 Å². The van der Waals surface area contributed by atoms with Crippen molar-refractivity contribution in [1.82, 2.24) is 20.2 Å². The van der Waals surface area contributed by atoms with Gasteiger partial charge in [0, 0.05) is 37.0 Å². The van der Waals surface area contributed by atoms with Crippen molar-refractivity contribution in [3.63, 3.8) is 0 Å². The molecule has 3 rings (SSSR count). The molecule has 2 N–H and O–H groups in total. The summed E-state index contributed by atoms with van der Waals surface area (Å²) in [4.78, 5) is 10.8. The number of aliphatic hydroxyl groups excluding tert-OH is 2. The average Bonchev–Trinajstić information content (AvgIpc) is 3.17. The van der Waals surface area contributed by atoms with Gasteiger partial charge in [0.15, 0.2) is 5.82 Å². The van der Waals surface area contributed by atoms with E-state index < -0.39 is 24.6 Å². The number of carboxylic acid groups (broad SMARTS) is 1. The molecule has 2 aromatic carbocycles. The molecular formula is C27H31N4NaO4. The summed E-state index contributed by atoms with van der Waals surface area (Å²) in [5.41, 5.74) is 8.01. The van der Waals surface area contributed by atoms with Crippen molar-refractivity contribution in [2.45, 2.75) is 52.7 Å². The van der Waals surface area contributed by atoms with Crippen molar-refractivity contribution in [1.29, 1.82) is 0 Å². The summed E-state index contributed by atoms with van der Waals surface area (Å²) in [5, 5.41) is 43.2. The van der Waals surface area contributed by atoms with E-state index >= 15 is 0 Å². The van der Waals surface area contributed by atoms with E-state index in [0.717, 1.165) is 39.0 Å². The van der Waals surface area contributed by atoms with Crippen LogP contribution in [0.1, 0.15) is 52.0 Å². The van der Waals surface area contributed by atoms with Gasteiger partial charge in [-0.1, -0.05) is 59.7 Å². The fourth-order valence-electron chi connectivity index (χ4n) is 4.19. The Morgan fingerprint density at radius 3 is 2.03 bits per heavy atom. The topological polar surface area (TPSA) is 124 Å². The second kappa shape index (κ2) is 13.1. The normalized spacial score (nSPS) is 12.8. The van der Waals surface area contributed by atoms with Crippen LogP contribution in [-0.4, -0.2) is 48.6 Å². The van der Waals surface area contributed by atoms with Crippen LogP contribution in [0.4, 0.5) is 0 Å². The molecule has 36 heavy (non-hydrogen) atoms. The third kappa shape index (κ3) is 7.44. The number of hydrogen-bond donors (Lipinski definition) is 2. The van der Waals surface area contributed by atoms with E-state index in [2.05, 4.69) is 39.8 Å². The van der Waals surface area contributed by atoms with E-state index in [-0.39, 0.29) is 36.0 Å². The van der Waals surface area contributed by atoms with Crippen LogP contribution < -0.4 is 34.7 Å². The van der Waals surface area contributed by atoms with Gasteiger partial charge >= 0.3 is 29.6 Å². The first kappa shape index (κ1) is 29.6. The first-order chi connectivity index (χ1) is 16.6. The quantitative estimate of drug-likeness (QED) is 0.293. The summed E-state index contributed by atoms with van der Waals surface area (Å²) >= 11 is 0. The van der Waals surface area contributed by atoms with Crippen LogP contribution in [0.2, 0.25) is 0 Å². The van der Waals surface area contributed by atoms with Gasteiger partial charge in [0.25, 0.3) is 0 Å². The van der Waals surface area contributed by atoms with Crippen LogP contribution in [0, 0.1) is 27.7 Å². The Morgan fingerprint density at radius 2 is 1.58 bits per heavy atom. The fourth-order valence-corrected chi connectivity index (χ4v) is 4.19. The molecule has 0 saturated heterocycles. The maximum absolute atomic E-state index is 10.8. The summed E-state index contributed by atoms with van der Waals surface area (Å²) in [6.07, 6.45) is 0.266. The molecular weight excluding hydrogens is 467 g/mol. The average molecular weight is 499 g/mol. The van der Waals surface area contributed by atoms with Crippen molar-refractivity contribution in [3.05, 3.63) is 87.8 Å². The predicted octanol–water partition coefficient (Wildman–Crippen LogP) is -0.785. The summed E-state index contributed by atoms with van der Waals surface area (Å²) in [6, 6.07) is 12.5. The molecule has 8 nitrogen and oxygen atoms in total. The second-order valence-electron chi connectivity index (χ2n) is 8.94. The number of rotatable bonds is 9. The summed E-state index contributed by atoms with van der Waals surface area (Å²) < 4.78 is 1.56. The first-order valence-electron chi connectivity index (χ1n) is 11.4. The van der Waals surface area contributed by atoms with Gasteiger partial charge in [0.05, 0.1) is 12.2 Å². The van der Waals surface area contributed by atoms with Gasteiger partial charge < -0.3 is 20.1 Å². The summed E-state index contributed by atoms with van der Waals surface area (Å²) in [7, 11) is 1.74. The minimum absolute atomic E-state index is 0. The van der Waals surface area contributed by atoms with Gasteiger partial charge in [-0.3, -0.25) is 0 Å². The molecule has 0 aliphatic carbocycles. The first-order valence-corrected chi connectivity index (χ1v) is 11.4. The molecule has 0 radical (unpaired) electrons. The number of aliphatic hydroxyl groups is 2. The van der Waals surface area contributed by atoms with Gasteiger partial charge in [-0.15, -0.1) is 5.10 Å². The van der Waals surface area contributed by atoms with Gasteiger partial charge in [-0.2, -0.15) is 0 Å². The molecule has 2 unspecified atom stereocenters.